The standard InChI is InChI=1S/C14H16F3N3/c1-10(19-8-13-7-18-9-20(13)2)11-3-5-12(6-4-11)14(15,16)17/h3-7,9-10,19H,8H2,1-2H3. The van der Waals surface area contributed by atoms with E-state index in [9.17, 15) is 13.2 Å². The number of alkyl halides is 3. The Kier molecular flexibility index (Phi) is 4.13. The van der Waals surface area contributed by atoms with Crippen molar-refractivity contribution in [1.29, 1.82) is 0 Å². The summed E-state index contributed by atoms with van der Waals surface area (Å²) in [6, 6.07) is 5.19. The molecule has 1 atom stereocenters. The molecule has 1 heterocycles. The molecule has 2 aromatic rings. The summed E-state index contributed by atoms with van der Waals surface area (Å²) in [5.74, 6) is 0. The zero-order valence-corrected chi connectivity index (χ0v) is 11.3. The monoisotopic (exact) mass is 283 g/mol. The van der Waals surface area contributed by atoms with Crippen LogP contribution in [0.15, 0.2) is 36.8 Å². The molecule has 0 fully saturated rings. The zero-order chi connectivity index (χ0) is 14.8. The minimum absolute atomic E-state index is 0.0350. The lowest BCUT2D eigenvalue weighted by Gasteiger charge is -2.15. The summed E-state index contributed by atoms with van der Waals surface area (Å²) in [4.78, 5) is 4.01. The predicted octanol–water partition coefficient (Wildman–Crippen LogP) is 3.29. The van der Waals surface area contributed by atoms with Gasteiger partial charge in [-0.1, -0.05) is 12.1 Å². The second-order valence-corrected chi connectivity index (χ2v) is 4.72. The molecular formula is C14H16F3N3. The molecule has 3 nitrogen and oxygen atoms in total. The van der Waals surface area contributed by atoms with E-state index < -0.39 is 11.7 Å². The molecule has 0 bridgehead atoms. The van der Waals surface area contributed by atoms with E-state index in [-0.39, 0.29) is 6.04 Å². The lowest BCUT2D eigenvalue weighted by molar-refractivity contribution is -0.137. The Morgan fingerprint density at radius 3 is 2.40 bits per heavy atom. The van der Waals surface area contributed by atoms with Crippen LogP contribution in [0, 0.1) is 0 Å². The van der Waals surface area contributed by atoms with Crippen LogP contribution in [-0.2, 0) is 19.8 Å². The minimum Gasteiger partial charge on any atom is -0.337 e. The molecule has 0 spiro atoms. The van der Waals surface area contributed by atoms with E-state index in [1.807, 2.05) is 18.5 Å². The number of aryl methyl sites for hydroxylation is 1. The van der Waals surface area contributed by atoms with Crippen LogP contribution in [0.5, 0.6) is 0 Å². The van der Waals surface area contributed by atoms with Gasteiger partial charge in [0.25, 0.3) is 0 Å². The van der Waals surface area contributed by atoms with Crippen molar-refractivity contribution in [2.45, 2.75) is 25.7 Å². The summed E-state index contributed by atoms with van der Waals surface area (Å²) < 4.78 is 39.3. The van der Waals surface area contributed by atoms with Crippen LogP contribution in [0.3, 0.4) is 0 Å². The van der Waals surface area contributed by atoms with Crippen molar-refractivity contribution in [3.05, 3.63) is 53.6 Å². The van der Waals surface area contributed by atoms with Crippen molar-refractivity contribution in [3.63, 3.8) is 0 Å². The van der Waals surface area contributed by atoms with Gasteiger partial charge in [-0.2, -0.15) is 13.2 Å². The maximum atomic E-state index is 12.5. The molecule has 1 aromatic carbocycles. The molecule has 6 heteroatoms. The molecule has 0 radical (unpaired) electrons. The quantitative estimate of drug-likeness (QED) is 0.933. The molecule has 2 rings (SSSR count). The van der Waals surface area contributed by atoms with Crippen LogP contribution in [0.25, 0.3) is 0 Å². The smallest absolute Gasteiger partial charge is 0.337 e. The van der Waals surface area contributed by atoms with E-state index in [0.29, 0.717) is 6.54 Å². The third-order valence-electron chi connectivity index (χ3n) is 3.24. The number of nitrogens with zero attached hydrogens (tertiary/aromatic N) is 2. The number of halogens is 3. The average Bonchev–Trinajstić information content (AvgIpc) is 2.81. The first-order valence-electron chi connectivity index (χ1n) is 6.23. The Morgan fingerprint density at radius 1 is 1.25 bits per heavy atom. The van der Waals surface area contributed by atoms with Crippen molar-refractivity contribution >= 4 is 0 Å². The molecule has 0 saturated carbocycles. The molecule has 0 aliphatic carbocycles. The second-order valence-electron chi connectivity index (χ2n) is 4.72. The number of nitrogens with one attached hydrogen (secondary N) is 1. The van der Waals surface area contributed by atoms with Gasteiger partial charge < -0.3 is 9.88 Å². The fourth-order valence-electron chi connectivity index (χ4n) is 1.89. The molecular weight excluding hydrogens is 267 g/mol. The number of rotatable bonds is 4. The van der Waals surface area contributed by atoms with E-state index in [4.69, 9.17) is 0 Å². The molecule has 20 heavy (non-hydrogen) atoms. The van der Waals surface area contributed by atoms with Gasteiger partial charge in [0.2, 0.25) is 0 Å². The summed E-state index contributed by atoms with van der Waals surface area (Å²) in [5, 5.41) is 3.26. The Morgan fingerprint density at radius 2 is 1.90 bits per heavy atom. The zero-order valence-electron chi connectivity index (χ0n) is 11.3. The summed E-state index contributed by atoms with van der Waals surface area (Å²) in [6.45, 7) is 2.53. The maximum Gasteiger partial charge on any atom is 0.416 e. The number of benzene rings is 1. The SMILES string of the molecule is CC(NCc1cncn1C)c1ccc(C(F)(F)F)cc1. The van der Waals surface area contributed by atoms with Crippen LogP contribution in [0.1, 0.15) is 29.8 Å². The fraction of sp³-hybridized carbons (Fsp3) is 0.357. The van der Waals surface area contributed by atoms with Gasteiger partial charge in [0.15, 0.2) is 0 Å². The average molecular weight is 283 g/mol. The normalized spacial score (nSPS) is 13.4. The summed E-state index contributed by atoms with van der Waals surface area (Å²) in [6.07, 6.45) is -0.823. The molecule has 0 aliphatic heterocycles. The first-order valence-corrected chi connectivity index (χ1v) is 6.23. The first kappa shape index (κ1) is 14.6. The van der Waals surface area contributed by atoms with Crippen LogP contribution < -0.4 is 5.32 Å². The van der Waals surface area contributed by atoms with Crippen LogP contribution in [0.4, 0.5) is 13.2 Å². The number of imidazole rings is 1. The minimum atomic E-state index is -4.29. The topological polar surface area (TPSA) is 29.9 Å². The van der Waals surface area contributed by atoms with E-state index >= 15 is 0 Å². The third-order valence-corrected chi connectivity index (χ3v) is 3.24. The van der Waals surface area contributed by atoms with Gasteiger partial charge in [0.05, 0.1) is 17.6 Å². The summed E-state index contributed by atoms with van der Waals surface area (Å²) in [5.41, 5.74) is 1.21. The molecule has 1 aromatic heterocycles. The highest BCUT2D eigenvalue weighted by Gasteiger charge is 2.30. The number of hydrogen-bond donors (Lipinski definition) is 1. The van der Waals surface area contributed by atoms with Crippen LogP contribution >= 0.6 is 0 Å². The van der Waals surface area contributed by atoms with Crippen LogP contribution in [0.2, 0.25) is 0 Å². The van der Waals surface area contributed by atoms with Gasteiger partial charge in [-0.15, -0.1) is 0 Å². The molecule has 0 amide bonds. The van der Waals surface area contributed by atoms with E-state index in [1.54, 1.807) is 12.5 Å². The fourth-order valence-corrected chi connectivity index (χ4v) is 1.89. The second kappa shape index (κ2) is 5.66. The highest BCUT2D eigenvalue weighted by atomic mass is 19.4. The summed E-state index contributed by atoms with van der Waals surface area (Å²) >= 11 is 0. The lowest BCUT2D eigenvalue weighted by atomic mass is 10.1. The highest BCUT2D eigenvalue weighted by molar-refractivity contribution is 5.26. The molecule has 1 N–H and O–H groups in total. The first-order chi connectivity index (χ1) is 9.38. The van der Waals surface area contributed by atoms with Crippen molar-refractivity contribution in [3.8, 4) is 0 Å². The molecule has 0 saturated heterocycles. The van der Waals surface area contributed by atoms with Gasteiger partial charge >= 0.3 is 6.18 Å². The van der Waals surface area contributed by atoms with E-state index in [0.717, 1.165) is 23.4 Å². The molecule has 0 aliphatic rings. The highest BCUT2D eigenvalue weighted by Crippen LogP contribution is 2.29. The van der Waals surface area contributed by atoms with E-state index in [1.165, 1.54) is 12.1 Å². The Labute approximate surface area is 115 Å². The Balaban J connectivity index is 1.99. The Bertz CT molecular complexity index is 558. The molecule has 1 unspecified atom stereocenters. The third kappa shape index (κ3) is 3.39. The van der Waals surface area contributed by atoms with Gasteiger partial charge in [-0.3, -0.25) is 0 Å². The predicted molar refractivity (Wildman–Crippen MR) is 69.9 cm³/mol. The number of hydrogen-bond acceptors (Lipinski definition) is 2. The largest absolute Gasteiger partial charge is 0.416 e. The van der Waals surface area contributed by atoms with Gasteiger partial charge in [0, 0.05) is 25.8 Å². The van der Waals surface area contributed by atoms with Crippen LogP contribution in [-0.4, -0.2) is 9.55 Å². The van der Waals surface area contributed by atoms with Crippen molar-refractivity contribution in [2.75, 3.05) is 0 Å². The van der Waals surface area contributed by atoms with Gasteiger partial charge in [-0.05, 0) is 24.6 Å². The lowest BCUT2D eigenvalue weighted by Crippen LogP contribution is -2.19. The number of aromatic nitrogens is 2. The van der Waals surface area contributed by atoms with E-state index in [2.05, 4.69) is 10.3 Å². The Hall–Kier alpha value is -1.82. The summed E-state index contributed by atoms with van der Waals surface area (Å²) in [7, 11) is 1.90. The maximum absolute atomic E-state index is 12.5. The van der Waals surface area contributed by atoms with Crippen molar-refractivity contribution < 1.29 is 13.2 Å². The van der Waals surface area contributed by atoms with Crippen molar-refractivity contribution in [2.24, 2.45) is 7.05 Å². The van der Waals surface area contributed by atoms with Gasteiger partial charge in [-0.25, -0.2) is 4.98 Å². The van der Waals surface area contributed by atoms with Crippen molar-refractivity contribution in [1.82, 2.24) is 14.9 Å². The van der Waals surface area contributed by atoms with Gasteiger partial charge in [0.1, 0.15) is 0 Å². The molecule has 108 valence electrons.